The van der Waals surface area contributed by atoms with Gasteiger partial charge in [0.25, 0.3) is 0 Å². The third-order valence-corrected chi connectivity index (χ3v) is 4.74. The predicted molar refractivity (Wildman–Crippen MR) is 101 cm³/mol. The first-order chi connectivity index (χ1) is 12.5. The molecule has 2 aromatic rings. The fourth-order valence-corrected chi connectivity index (χ4v) is 2.92. The minimum Gasteiger partial charge on any atom is -0.504 e. The van der Waals surface area contributed by atoms with E-state index >= 15 is 0 Å². The van der Waals surface area contributed by atoms with Gasteiger partial charge in [0.05, 0.1) is 34.0 Å². The number of phenolic OH excluding ortho intramolecular Hbond substituents is 1. The van der Waals surface area contributed by atoms with Crippen LogP contribution in [0.2, 0.25) is 0 Å². The highest BCUT2D eigenvalue weighted by atomic mass is 16.5. The Morgan fingerprint density at radius 3 is 2.04 bits per heavy atom. The highest BCUT2D eigenvalue weighted by molar-refractivity contribution is 5.43. The molecule has 142 valence electrons. The number of aromatic hydroxyl groups is 1. The molecular formula is C21H28O5. The molecule has 5 heteroatoms. The number of hydrogen-bond donors (Lipinski definition) is 1. The fourth-order valence-electron chi connectivity index (χ4n) is 2.92. The maximum atomic E-state index is 8.99. The second-order valence-corrected chi connectivity index (χ2v) is 6.38. The van der Waals surface area contributed by atoms with Crippen molar-refractivity contribution in [3.05, 3.63) is 48.0 Å². The van der Waals surface area contributed by atoms with Crippen molar-refractivity contribution in [2.24, 2.45) is 11.8 Å². The van der Waals surface area contributed by atoms with Crippen LogP contribution in [0.15, 0.2) is 42.5 Å². The number of benzene rings is 2. The van der Waals surface area contributed by atoms with E-state index < -0.39 is 0 Å². The average Bonchev–Trinajstić information content (AvgIpc) is 3.01. The van der Waals surface area contributed by atoms with Crippen molar-refractivity contribution in [1.29, 1.82) is 0 Å². The lowest BCUT2D eigenvalue weighted by atomic mass is 9.90. The van der Waals surface area contributed by atoms with Gasteiger partial charge >= 0.3 is 0 Å². The number of methoxy groups -OCH3 is 3. The van der Waals surface area contributed by atoms with E-state index in [9.17, 15) is 0 Å². The van der Waals surface area contributed by atoms with E-state index in [2.05, 4.69) is 19.9 Å². The SMILES string of the molecule is COc1ccc([C@@H]2OCC(C)C2C)cc1OC.COc1ccccc1O. The Hall–Kier alpha value is -2.40. The van der Waals surface area contributed by atoms with Crippen LogP contribution in [0, 0.1) is 11.8 Å². The molecule has 1 N–H and O–H groups in total. The van der Waals surface area contributed by atoms with E-state index in [1.165, 1.54) is 12.7 Å². The summed E-state index contributed by atoms with van der Waals surface area (Å²) in [6.45, 7) is 5.30. The molecule has 1 fully saturated rings. The van der Waals surface area contributed by atoms with Crippen LogP contribution in [0.1, 0.15) is 25.5 Å². The molecule has 5 nitrogen and oxygen atoms in total. The Morgan fingerprint density at radius 1 is 0.885 bits per heavy atom. The zero-order valence-electron chi connectivity index (χ0n) is 16.1. The minimum atomic E-state index is 0.171. The number of ether oxygens (including phenoxy) is 4. The smallest absolute Gasteiger partial charge is 0.161 e. The third kappa shape index (κ3) is 4.61. The summed E-state index contributed by atoms with van der Waals surface area (Å²) in [7, 11) is 4.83. The van der Waals surface area contributed by atoms with Crippen molar-refractivity contribution in [1.82, 2.24) is 0 Å². The molecule has 3 atom stereocenters. The van der Waals surface area contributed by atoms with E-state index in [4.69, 9.17) is 24.1 Å². The lowest BCUT2D eigenvalue weighted by Crippen LogP contribution is -2.08. The lowest BCUT2D eigenvalue weighted by Gasteiger charge is -2.18. The Morgan fingerprint density at radius 2 is 1.54 bits per heavy atom. The number of hydrogen-bond acceptors (Lipinski definition) is 5. The molecule has 1 heterocycles. The molecule has 0 saturated carbocycles. The standard InChI is InChI=1S/C14H20O3.C7H8O2/c1-9-8-17-14(10(9)2)11-5-6-12(15-3)13(7-11)16-4;1-9-7-5-3-2-4-6(7)8/h5-7,9-10,14H,8H2,1-4H3;2-5,8H,1H3/t9?,10?,14-;/m1./s1. The van der Waals surface area contributed by atoms with Crippen LogP contribution >= 0.6 is 0 Å². The van der Waals surface area contributed by atoms with Crippen molar-refractivity contribution in [2.45, 2.75) is 20.0 Å². The highest BCUT2D eigenvalue weighted by Crippen LogP contribution is 2.40. The fraction of sp³-hybridized carbons (Fsp3) is 0.429. The van der Waals surface area contributed by atoms with Crippen LogP contribution in [0.5, 0.6) is 23.0 Å². The molecule has 26 heavy (non-hydrogen) atoms. The normalized spacial score (nSPS) is 21.5. The van der Waals surface area contributed by atoms with E-state index in [1.807, 2.05) is 12.1 Å². The van der Waals surface area contributed by atoms with Crippen molar-refractivity contribution in [3.8, 4) is 23.0 Å². The summed E-state index contributed by atoms with van der Waals surface area (Å²) in [6.07, 6.45) is 0.171. The van der Waals surface area contributed by atoms with Gasteiger partial charge in [-0.3, -0.25) is 0 Å². The van der Waals surface area contributed by atoms with Crippen LogP contribution in [0.25, 0.3) is 0 Å². The van der Waals surface area contributed by atoms with Crippen LogP contribution in [0.4, 0.5) is 0 Å². The van der Waals surface area contributed by atoms with Gasteiger partial charge in [0.1, 0.15) is 0 Å². The summed E-state index contributed by atoms with van der Waals surface area (Å²) in [5.41, 5.74) is 1.17. The lowest BCUT2D eigenvalue weighted by molar-refractivity contribution is 0.0934. The van der Waals surface area contributed by atoms with Crippen molar-refractivity contribution >= 4 is 0 Å². The molecule has 1 aliphatic rings. The second kappa shape index (κ2) is 9.34. The van der Waals surface area contributed by atoms with Gasteiger partial charge in [-0.2, -0.15) is 0 Å². The summed E-state index contributed by atoms with van der Waals surface area (Å²) in [5.74, 6) is 3.36. The third-order valence-electron chi connectivity index (χ3n) is 4.74. The van der Waals surface area contributed by atoms with E-state index in [0.29, 0.717) is 17.6 Å². The van der Waals surface area contributed by atoms with Gasteiger partial charge in [0.2, 0.25) is 0 Å². The quantitative estimate of drug-likeness (QED) is 0.873. The first kappa shape index (κ1) is 19.9. The second-order valence-electron chi connectivity index (χ2n) is 6.38. The van der Waals surface area contributed by atoms with E-state index in [1.54, 1.807) is 38.5 Å². The average molecular weight is 360 g/mol. The molecule has 0 bridgehead atoms. The summed E-state index contributed by atoms with van der Waals surface area (Å²) in [5, 5.41) is 8.99. The molecule has 2 aromatic carbocycles. The molecule has 0 spiro atoms. The molecule has 3 rings (SSSR count). The summed E-state index contributed by atoms with van der Waals surface area (Å²) in [6, 6.07) is 12.8. The largest absolute Gasteiger partial charge is 0.504 e. The van der Waals surface area contributed by atoms with Gasteiger partial charge in [-0.25, -0.2) is 0 Å². The number of para-hydroxylation sites is 2. The Kier molecular flexibility index (Phi) is 7.16. The zero-order chi connectivity index (χ0) is 19.1. The van der Waals surface area contributed by atoms with Crippen LogP contribution < -0.4 is 14.2 Å². The summed E-state index contributed by atoms with van der Waals surface area (Å²) >= 11 is 0. The van der Waals surface area contributed by atoms with Gasteiger partial charge in [0, 0.05) is 0 Å². The molecular weight excluding hydrogens is 332 g/mol. The number of phenols is 1. The van der Waals surface area contributed by atoms with Crippen LogP contribution in [-0.4, -0.2) is 33.0 Å². The van der Waals surface area contributed by atoms with Gasteiger partial charge in [0.15, 0.2) is 23.0 Å². The summed E-state index contributed by atoms with van der Waals surface area (Å²) < 4.78 is 21.2. The molecule has 0 amide bonds. The van der Waals surface area contributed by atoms with Gasteiger partial charge in [-0.1, -0.05) is 32.0 Å². The monoisotopic (exact) mass is 360 g/mol. The maximum Gasteiger partial charge on any atom is 0.161 e. The number of rotatable bonds is 4. The molecule has 0 aromatic heterocycles. The predicted octanol–water partition coefficient (Wildman–Crippen LogP) is 4.45. The topological polar surface area (TPSA) is 57.2 Å². The van der Waals surface area contributed by atoms with Gasteiger partial charge in [-0.15, -0.1) is 0 Å². The van der Waals surface area contributed by atoms with Gasteiger partial charge < -0.3 is 24.1 Å². The first-order valence-corrected chi connectivity index (χ1v) is 8.67. The molecule has 1 aliphatic heterocycles. The molecule has 0 radical (unpaired) electrons. The molecule has 0 aliphatic carbocycles. The first-order valence-electron chi connectivity index (χ1n) is 8.67. The summed E-state index contributed by atoms with van der Waals surface area (Å²) in [4.78, 5) is 0. The van der Waals surface area contributed by atoms with E-state index in [-0.39, 0.29) is 11.9 Å². The van der Waals surface area contributed by atoms with Crippen molar-refractivity contribution in [2.75, 3.05) is 27.9 Å². The molecule has 1 saturated heterocycles. The Labute approximate surface area is 155 Å². The zero-order valence-corrected chi connectivity index (χ0v) is 16.1. The Bertz CT molecular complexity index is 701. The van der Waals surface area contributed by atoms with Gasteiger partial charge in [-0.05, 0) is 41.7 Å². The van der Waals surface area contributed by atoms with E-state index in [0.717, 1.165) is 18.1 Å². The van der Waals surface area contributed by atoms with Crippen LogP contribution in [0.3, 0.4) is 0 Å². The molecule has 2 unspecified atom stereocenters. The van der Waals surface area contributed by atoms with Crippen molar-refractivity contribution < 1.29 is 24.1 Å². The van der Waals surface area contributed by atoms with Crippen LogP contribution in [-0.2, 0) is 4.74 Å². The highest BCUT2D eigenvalue weighted by Gasteiger charge is 2.32. The Balaban J connectivity index is 0.000000228. The minimum absolute atomic E-state index is 0.171. The van der Waals surface area contributed by atoms with Crippen molar-refractivity contribution in [3.63, 3.8) is 0 Å². The maximum absolute atomic E-state index is 8.99.